The zero-order chi connectivity index (χ0) is 37.6. The number of carbonyl (C=O) groups excluding carboxylic acids is 4. The number of ketones is 2. The number of amides is 2. The van der Waals surface area contributed by atoms with Gasteiger partial charge in [-0.1, -0.05) is 18.0 Å². The number of anilines is 1. The van der Waals surface area contributed by atoms with Crippen molar-refractivity contribution in [2.24, 2.45) is 5.92 Å². The summed E-state index contributed by atoms with van der Waals surface area (Å²) < 4.78 is 33.1. The lowest BCUT2D eigenvalue weighted by atomic mass is 9.63. The first kappa shape index (κ1) is 38.1. The molecule has 5 rings (SSSR count). The Morgan fingerprint density at radius 1 is 1.06 bits per heavy atom. The molecule has 2 fully saturated rings. The fourth-order valence-corrected chi connectivity index (χ4v) is 7.75. The fraction of sp³-hybridized carbons (Fsp3) is 0.595. The quantitative estimate of drug-likeness (QED) is 0.170. The van der Waals surface area contributed by atoms with Gasteiger partial charge in [0.1, 0.15) is 40.0 Å². The van der Waals surface area contributed by atoms with Gasteiger partial charge >= 0.3 is 12.2 Å². The number of carbonyl (C=O) groups is 4. The number of rotatable bonds is 6. The van der Waals surface area contributed by atoms with Gasteiger partial charge in [0, 0.05) is 12.1 Å². The zero-order valence-corrected chi connectivity index (χ0v) is 31.1. The van der Waals surface area contributed by atoms with Crippen molar-refractivity contribution in [3.8, 4) is 11.9 Å². The van der Waals surface area contributed by atoms with Gasteiger partial charge in [0.05, 0.1) is 16.9 Å². The maximum absolute atomic E-state index is 16.1. The minimum absolute atomic E-state index is 0.0178. The topological polar surface area (TPSA) is 152 Å². The van der Waals surface area contributed by atoms with Crippen LogP contribution in [0.5, 0.6) is 5.88 Å². The summed E-state index contributed by atoms with van der Waals surface area (Å²) in [5, 5.41) is 10.6. The van der Waals surface area contributed by atoms with Crippen molar-refractivity contribution in [3.05, 3.63) is 45.6 Å². The van der Waals surface area contributed by atoms with Gasteiger partial charge in [0.25, 0.3) is 0 Å². The summed E-state index contributed by atoms with van der Waals surface area (Å²) >= 11 is 6.33. The van der Waals surface area contributed by atoms with E-state index in [1.54, 1.807) is 41.5 Å². The van der Waals surface area contributed by atoms with E-state index in [-0.39, 0.29) is 65.8 Å². The highest BCUT2D eigenvalue weighted by molar-refractivity contribution is 6.29. The average molecular weight is 726 g/mol. The number of hydrogen-bond donors (Lipinski definition) is 0. The number of likely N-dealkylation sites (tertiary alicyclic amines) is 1. The van der Waals surface area contributed by atoms with E-state index in [1.807, 2.05) is 20.0 Å². The van der Waals surface area contributed by atoms with E-state index >= 15 is 4.39 Å². The molecule has 1 aliphatic heterocycles. The molecule has 1 saturated carbocycles. The predicted molar refractivity (Wildman–Crippen MR) is 186 cm³/mol. The number of nitriles is 1. The second kappa shape index (κ2) is 14.1. The van der Waals surface area contributed by atoms with E-state index < -0.39 is 57.8 Å². The van der Waals surface area contributed by atoms with Gasteiger partial charge in [-0.2, -0.15) is 15.1 Å². The van der Waals surface area contributed by atoms with Crippen LogP contribution in [-0.4, -0.2) is 75.6 Å². The summed E-state index contributed by atoms with van der Waals surface area (Å²) in [4.78, 5) is 66.8. The molecule has 274 valence electrons. The maximum Gasteiger partial charge on any atom is 0.424 e. The van der Waals surface area contributed by atoms with Crippen molar-refractivity contribution in [1.29, 1.82) is 5.26 Å². The number of hydrogen-bond acceptors (Lipinski definition) is 11. The normalized spacial score (nSPS) is 22.6. The number of likely N-dealkylation sites (N-methyl/N-ethyl adjacent to an activating group) is 1. The molecule has 0 radical (unpaired) electrons. The number of ether oxygens (including phenoxy) is 3. The highest BCUT2D eigenvalue weighted by Crippen LogP contribution is 2.52. The van der Waals surface area contributed by atoms with Crippen LogP contribution in [0, 0.1) is 23.1 Å². The minimum Gasteiger partial charge on any atom is -0.473 e. The van der Waals surface area contributed by atoms with Crippen LogP contribution in [0.2, 0.25) is 5.15 Å². The van der Waals surface area contributed by atoms with Crippen LogP contribution in [0.4, 0.5) is 19.7 Å². The number of Topliss-reactive ketones (excluding diaryl/α,β-unsaturated/α-hetero) is 2. The molecular weight excluding hydrogens is 681 g/mol. The number of imide groups is 1. The Bertz CT molecular complexity index is 1770. The lowest BCUT2D eigenvalue weighted by Crippen LogP contribution is -2.47. The second-order valence-corrected chi connectivity index (χ2v) is 16.0. The van der Waals surface area contributed by atoms with Crippen molar-refractivity contribution >= 4 is 41.0 Å². The number of fused-ring (bicyclic) bond motifs is 2. The predicted octanol–water partition coefficient (Wildman–Crippen LogP) is 7.11. The first-order valence-electron chi connectivity index (χ1n) is 17.3. The van der Waals surface area contributed by atoms with Crippen LogP contribution in [0.1, 0.15) is 114 Å². The first-order valence-corrected chi connectivity index (χ1v) is 17.7. The molecule has 12 nitrogen and oxygen atoms in total. The third-order valence-electron chi connectivity index (χ3n) is 9.64. The zero-order valence-electron chi connectivity index (χ0n) is 30.4. The maximum atomic E-state index is 16.1. The van der Waals surface area contributed by atoms with Gasteiger partial charge in [-0.25, -0.2) is 19.0 Å². The molecule has 0 N–H and O–H groups in total. The molecular formula is C37H45ClFN5O7. The van der Waals surface area contributed by atoms with Crippen molar-refractivity contribution in [2.75, 3.05) is 18.5 Å². The molecule has 2 amide bonds. The molecule has 51 heavy (non-hydrogen) atoms. The highest BCUT2D eigenvalue weighted by Gasteiger charge is 2.54. The molecule has 3 aliphatic rings. The van der Waals surface area contributed by atoms with E-state index in [1.165, 1.54) is 6.07 Å². The molecule has 2 aliphatic carbocycles. The molecule has 2 heterocycles. The van der Waals surface area contributed by atoms with Crippen LogP contribution in [0.3, 0.4) is 0 Å². The summed E-state index contributed by atoms with van der Waals surface area (Å²) in [5.74, 6) is -3.49. The number of aromatic nitrogens is 2. The number of halogens is 2. The lowest BCUT2D eigenvalue weighted by molar-refractivity contribution is -0.129. The van der Waals surface area contributed by atoms with Crippen molar-refractivity contribution in [3.63, 3.8) is 0 Å². The van der Waals surface area contributed by atoms with Crippen LogP contribution >= 0.6 is 11.6 Å². The number of benzene rings is 1. The third-order valence-corrected chi connectivity index (χ3v) is 9.83. The average Bonchev–Trinajstić information content (AvgIpc) is 3.60. The Morgan fingerprint density at radius 3 is 2.27 bits per heavy atom. The van der Waals surface area contributed by atoms with Crippen LogP contribution in [0.15, 0.2) is 12.1 Å². The molecule has 2 unspecified atom stereocenters. The van der Waals surface area contributed by atoms with Crippen LogP contribution < -0.4 is 9.64 Å². The van der Waals surface area contributed by atoms with Gasteiger partial charge in [0.15, 0.2) is 5.78 Å². The largest absolute Gasteiger partial charge is 0.473 e. The summed E-state index contributed by atoms with van der Waals surface area (Å²) in [6.45, 7) is 12.3. The molecule has 4 atom stereocenters. The van der Waals surface area contributed by atoms with Gasteiger partial charge in [-0.3, -0.25) is 14.5 Å². The number of aryl methyl sites for hydroxylation is 1. The second-order valence-electron chi connectivity index (χ2n) is 15.6. The Labute approximate surface area is 302 Å². The minimum atomic E-state index is -1.38. The van der Waals surface area contributed by atoms with Gasteiger partial charge in [-0.15, -0.1) is 0 Å². The lowest BCUT2D eigenvalue weighted by Gasteiger charge is -2.37. The summed E-state index contributed by atoms with van der Waals surface area (Å²) in [6.07, 6.45) is 0.520. The Hall–Kier alpha value is -4.15. The van der Waals surface area contributed by atoms with E-state index in [2.05, 4.69) is 14.9 Å². The van der Waals surface area contributed by atoms with Crippen molar-refractivity contribution < 1.29 is 37.8 Å². The van der Waals surface area contributed by atoms with Gasteiger partial charge in [0.2, 0.25) is 17.5 Å². The summed E-state index contributed by atoms with van der Waals surface area (Å²) in [6, 6.07) is 4.70. The Kier molecular flexibility index (Phi) is 10.5. The molecule has 1 aromatic heterocycles. The first-order chi connectivity index (χ1) is 23.8. The Balaban J connectivity index is 1.54. The van der Waals surface area contributed by atoms with Gasteiger partial charge < -0.3 is 14.2 Å². The molecule has 2 aromatic rings. The highest BCUT2D eigenvalue weighted by atomic mass is 35.5. The fourth-order valence-electron chi connectivity index (χ4n) is 7.57. The summed E-state index contributed by atoms with van der Waals surface area (Å²) in [7, 11) is 2.02. The standard InChI is InChI=1S/C37H45ClFN5O7/c1-20(25-12-10-16-43(25)8)49-27-18-26(38)41-32(42-27)30(45)22-11-9-14-37(31(22)46)15-13-21-17-24(39)29(23(19-40)28(21)37)44(33(47)50-35(2,3)4)34(48)51-36(5,6)7/h17-18,20,22,25H,9-16H2,1-8H3/t20-,22?,25-,37?/m0/s1. The van der Waals surface area contributed by atoms with Crippen molar-refractivity contribution in [1.82, 2.24) is 14.9 Å². The molecule has 0 bridgehead atoms. The van der Waals surface area contributed by atoms with E-state index in [0.717, 1.165) is 25.5 Å². The third kappa shape index (κ3) is 7.72. The summed E-state index contributed by atoms with van der Waals surface area (Å²) in [5.41, 5.74) is -4.05. The van der Waals surface area contributed by atoms with Crippen LogP contribution in [0.25, 0.3) is 0 Å². The SMILES string of the molecule is C[C@H](Oc1cc(Cl)nc(C(=O)C2CCCC3(CCc4cc(F)c(N(C(=O)OC(C)(C)C)C(=O)OC(C)(C)C)c(C#N)c43)C2=O)n1)[C@@H]1CCCN1C. The molecule has 1 saturated heterocycles. The van der Waals surface area contributed by atoms with Gasteiger partial charge in [-0.05, 0) is 118 Å². The molecule has 1 aromatic carbocycles. The number of nitrogens with zero attached hydrogens (tertiary/aromatic N) is 5. The molecule has 1 spiro atoms. The Morgan fingerprint density at radius 2 is 1.71 bits per heavy atom. The van der Waals surface area contributed by atoms with Crippen molar-refractivity contribution in [2.45, 2.75) is 122 Å². The molecule has 14 heteroatoms. The monoisotopic (exact) mass is 725 g/mol. The van der Waals surface area contributed by atoms with E-state index in [9.17, 15) is 24.4 Å². The van der Waals surface area contributed by atoms with Crippen LogP contribution in [-0.2, 0) is 26.1 Å². The van der Waals surface area contributed by atoms with E-state index in [4.69, 9.17) is 25.8 Å². The van der Waals surface area contributed by atoms with E-state index in [0.29, 0.717) is 16.9 Å². The smallest absolute Gasteiger partial charge is 0.424 e.